The van der Waals surface area contributed by atoms with E-state index in [9.17, 15) is 13.2 Å². The normalized spacial score (nSPS) is 23.4. The van der Waals surface area contributed by atoms with Gasteiger partial charge in [0.2, 0.25) is 5.95 Å². The third kappa shape index (κ3) is 4.32. The van der Waals surface area contributed by atoms with E-state index in [-0.39, 0.29) is 23.4 Å². The molecule has 2 rings (SSSR count). The lowest BCUT2D eigenvalue weighted by atomic mass is 9.78. The number of nitrogens with one attached hydrogen (secondary N) is 1. The largest absolute Gasteiger partial charge is 0.433 e. The average molecular weight is 317 g/mol. The van der Waals surface area contributed by atoms with Crippen LogP contribution in [0.1, 0.15) is 39.3 Å². The molecular weight excluding hydrogens is 295 g/mol. The second-order valence-corrected chi connectivity index (χ2v) is 6.70. The molecule has 2 unspecified atom stereocenters. The van der Waals surface area contributed by atoms with Crippen molar-refractivity contribution in [2.24, 2.45) is 11.3 Å². The van der Waals surface area contributed by atoms with E-state index >= 15 is 0 Å². The van der Waals surface area contributed by atoms with Crippen molar-refractivity contribution in [3.63, 3.8) is 0 Å². The van der Waals surface area contributed by atoms with Gasteiger partial charge in [0, 0.05) is 25.3 Å². The minimum atomic E-state index is -4.46. The molecule has 0 aromatic carbocycles. The van der Waals surface area contributed by atoms with Crippen LogP contribution in [-0.4, -0.2) is 29.2 Å². The van der Waals surface area contributed by atoms with Crippen molar-refractivity contribution in [1.29, 1.82) is 0 Å². The van der Waals surface area contributed by atoms with Gasteiger partial charge in [0.05, 0.1) is 6.10 Å². The molecule has 1 aromatic heterocycles. The van der Waals surface area contributed by atoms with Gasteiger partial charge in [0.1, 0.15) is 5.69 Å². The summed E-state index contributed by atoms with van der Waals surface area (Å²) >= 11 is 0. The van der Waals surface area contributed by atoms with Gasteiger partial charge in [0.15, 0.2) is 0 Å². The maximum atomic E-state index is 12.6. The standard InChI is InChI=1S/C15H22F3N3O/c1-14(2,3)12-10(5-4-8-22-12)9-20-13-19-7-6-11(21-13)15(16,17)18/h6-7,10,12H,4-5,8-9H2,1-3H3,(H,19,20,21). The van der Waals surface area contributed by atoms with Gasteiger partial charge in [0.25, 0.3) is 0 Å². The molecule has 1 saturated heterocycles. The summed E-state index contributed by atoms with van der Waals surface area (Å²) in [5.74, 6) is 0.236. The molecule has 0 spiro atoms. The first-order chi connectivity index (χ1) is 10.2. The van der Waals surface area contributed by atoms with Crippen molar-refractivity contribution in [2.75, 3.05) is 18.5 Å². The third-order valence-corrected chi connectivity index (χ3v) is 3.77. The number of alkyl halides is 3. The predicted octanol–water partition coefficient (Wildman–Crippen LogP) is 3.75. The zero-order valence-corrected chi connectivity index (χ0v) is 13.1. The highest BCUT2D eigenvalue weighted by molar-refractivity contribution is 5.26. The molecule has 1 aromatic rings. The molecule has 2 heterocycles. The summed E-state index contributed by atoms with van der Waals surface area (Å²) in [6.45, 7) is 7.56. The Balaban J connectivity index is 2.02. The van der Waals surface area contributed by atoms with Crippen LogP contribution in [0.3, 0.4) is 0 Å². The van der Waals surface area contributed by atoms with Crippen LogP contribution in [0.4, 0.5) is 19.1 Å². The third-order valence-electron chi connectivity index (χ3n) is 3.77. The predicted molar refractivity (Wildman–Crippen MR) is 77.4 cm³/mol. The minimum Gasteiger partial charge on any atom is -0.377 e. The highest BCUT2D eigenvalue weighted by atomic mass is 19.4. The maximum absolute atomic E-state index is 12.6. The van der Waals surface area contributed by atoms with Gasteiger partial charge in [-0.25, -0.2) is 9.97 Å². The van der Waals surface area contributed by atoms with Crippen molar-refractivity contribution in [3.8, 4) is 0 Å². The van der Waals surface area contributed by atoms with Crippen molar-refractivity contribution >= 4 is 5.95 Å². The lowest BCUT2D eigenvalue weighted by Gasteiger charge is -2.40. The van der Waals surface area contributed by atoms with Gasteiger partial charge >= 0.3 is 6.18 Å². The van der Waals surface area contributed by atoms with Gasteiger partial charge < -0.3 is 10.1 Å². The molecule has 0 amide bonds. The van der Waals surface area contributed by atoms with Crippen LogP contribution >= 0.6 is 0 Å². The number of hydrogen-bond donors (Lipinski definition) is 1. The van der Waals surface area contributed by atoms with E-state index in [1.54, 1.807) is 0 Å². The van der Waals surface area contributed by atoms with Crippen LogP contribution in [0.15, 0.2) is 12.3 Å². The summed E-state index contributed by atoms with van der Waals surface area (Å²) < 4.78 is 43.8. The van der Waals surface area contributed by atoms with Gasteiger partial charge in [-0.05, 0) is 24.3 Å². The summed E-state index contributed by atoms with van der Waals surface area (Å²) in [7, 11) is 0. The minimum absolute atomic E-state index is 0.00746. The molecule has 0 saturated carbocycles. The zero-order chi connectivity index (χ0) is 16.4. The first kappa shape index (κ1) is 17.0. The highest BCUT2D eigenvalue weighted by Gasteiger charge is 2.36. The van der Waals surface area contributed by atoms with E-state index in [0.29, 0.717) is 6.54 Å². The van der Waals surface area contributed by atoms with Crippen LogP contribution in [-0.2, 0) is 10.9 Å². The fraction of sp³-hybridized carbons (Fsp3) is 0.733. The van der Waals surface area contributed by atoms with Crippen molar-refractivity contribution < 1.29 is 17.9 Å². The summed E-state index contributed by atoms with van der Waals surface area (Å²) in [5.41, 5.74) is -0.946. The number of hydrogen-bond acceptors (Lipinski definition) is 4. The number of nitrogens with zero attached hydrogens (tertiary/aromatic N) is 2. The van der Waals surface area contributed by atoms with Crippen LogP contribution in [0.25, 0.3) is 0 Å². The van der Waals surface area contributed by atoms with Gasteiger partial charge in [-0.1, -0.05) is 20.8 Å². The first-order valence-corrected chi connectivity index (χ1v) is 7.43. The Bertz CT molecular complexity index is 500. The molecule has 1 N–H and O–H groups in total. The van der Waals surface area contributed by atoms with Crippen molar-refractivity contribution in [2.45, 2.75) is 45.9 Å². The van der Waals surface area contributed by atoms with Crippen LogP contribution in [0.2, 0.25) is 0 Å². The highest BCUT2D eigenvalue weighted by Crippen LogP contribution is 2.34. The Morgan fingerprint density at radius 2 is 2.05 bits per heavy atom. The van der Waals surface area contributed by atoms with Crippen molar-refractivity contribution in [1.82, 2.24) is 9.97 Å². The summed E-state index contributed by atoms with van der Waals surface area (Å²) in [5, 5.41) is 2.93. The van der Waals surface area contributed by atoms with E-state index in [2.05, 4.69) is 36.1 Å². The topological polar surface area (TPSA) is 47.0 Å². The molecule has 1 aliphatic rings. The van der Waals surface area contributed by atoms with Crippen LogP contribution in [0, 0.1) is 11.3 Å². The van der Waals surface area contributed by atoms with Crippen LogP contribution in [0.5, 0.6) is 0 Å². The monoisotopic (exact) mass is 317 g/mol. The lowest BCUT2D eigenvalue weighted by Crippen LogP contribution is -2.42. The fourth-order valence-electron chi connectivity index (χ4n) is 2.83. The van der Waals surface area contributed by atoms with Gasteiger partial charge in [-0.15, -0.1) is 0 Å². The van der Waals surface area contributed by atoms with E-state index in [4.69, 9.17) is 4.74 Å². The second kappa shape index (κ2) is 6.40. The number of rotatable bonds is 3. The molecule has 22 heavy (non-hydrogen) atoms. The van der Waals surface area contributed by atoms with Gasteiger partial charge in [-0.2, -0.15) is 13.2 Å². The fourth-order valence-corrected chi connectivity index (χ4v) is 2.83. The number of anilines is 1. The van der Waals surface area contributed by atoms with E-state index in [1.807, 2.05) is 0 Å². The molecule has 4 nitrogen and oxygen atoms in total. The number of ether oxygens (including phenoxy) is 1. The first-order valence-electron chi connectivity index (χ1n) is 7.43. The van der Waals surface area contributed by atoms with Crippen molar-refractivity contribution in [3.05, 3.63) is 18.0 Å². The lowest BCUT2D eigenvalue weighted by molar-refractivity contribution is -0.141. The summed E-state index contributed by atoms with van der Waals surface area (Å²) in [6, 6.07) is 0.868. The smallest absolute Gasteiger partial charge is 0.377 e. The average Bonchev–Trinajstić information content (AvgIpc) is 2.44. The van der Waals surface area contributed by atoms with Gasteiger partial charge in [-0.3, -0.25) is 0 Å². The van der Waals surface area contributed by atoms with Crippen LogP contribution < -0.4 is 5.32 Å². The molecule has 1 fully saturated rings. The number of halogens is 3. The Morgan fingerprint density at radius 1 is 1.32 bits per heavy atom. The summed E-state index contributed by atoms with van der Waals surface area (Å²) in [6.07, 6.45) is -1.33. The Kier molecular flexibility index (Phi) is 4.94. The maximum Gasteiger partial charge on any atom is 0.433 e. The molecular formula is C15H22F3N3O. The van der Waals surface area contributed by atoms with E-state index in [0.717, 1.165) is 31.7 Å². The molecule has 2 atom stereocenters. The Hall–Kier alpha value is -1.37. The molecule has 124 valence electrons. The quantitative estimate of drug-likeness (QED) is 0.922. The number of aromatic nitrogens is 2. The Labute approximate surface area is 128 Å². The molecule has 0 radical (unpaired) electrons. The molecule has 1 aliphatic heterocycles. The molecule has 0 aliphatic carbocycles. The summed E-state index contributed by atoms with van der Waals surface area (Å²) in [4.78, 5) is 7.39. The second-order valence-electron chi connectivity index (χ2n) is 6.70. The SMILES string of the molecule is CC(C)(C)C1OCCCC1CNc1nccc(C(F)(F)F)n1. The van der Waals surface area contributed by atoms with E-state index in [1.165, 1.54) is 0 Å². The molecule has 0 bridgehead atoms. The molecule has 7 heteroatoms. The van der Waals surface area contributed by atoms with E-state index < -0.39 is 11.9 Å². The zero-order valence-electron chi connectivity index (χ0n) is 13.1. The Morgan fingerprint density at radius 3 is 2.68 bits per heavy atom.